The van der Waals surface area contributed by atoms with Crippen LogP contribution in [0.15, 0.2) is 12.2 Å². The highest BCUT2D eigenvalue weighted by molar-refractivity contribution is 5.79. The molecule has 0 unspecified atom stereocenters. The molecule has 1 heterocycles. The molecule has 0 aromatic rings. The van der Waals surface area contributed by atoms with E-state index >= 15 is 0 Å². The van der Waals surface area contributed by atoms with E-state index in [1.165, 1.54) is 0 Å². The number of rotatable bonds is 6. The Kier molecular flexibility index (Phi) is 6.56. The van der Waals surface area contributed by atoms with E-state index in [2.05, 4.69) is 11.9 Å². The van der Waals surface area contributed by atoms with Gasteiger partial charge in [-0.2, -0.15) is 0 Å². The summed E-state index contributed by atoms with van der Waals surface area (Å²) >= 11 is 0. The highest BCUT2D eigenvalue weighted by Gasteiger charge is 2.25. The third-order valence-corrected chi connectivity index (χ3v) is 3.21. The number of hydrogen-bond donors (Lipinski definition) is 1. The molecule has 0 aromatic carbocycles. The van der Waals surface area contributed by atoms with Crippen LogP contribution in [0.3, 0.4) is 0 Å². The molecule has 5 nitrogen and oxygen atoms in total. The minimum absolute atomic E-state index is 0.0248. The quantitative estimate of drug-likeness (QED) is 0.576. The van der Waals surface area contributed by atoms with Crippen molar-refractivity contribution in [1.82, 2.24) is 10.2 Å². The van der Waals surface area contributed by atoms with E-state index < -0.39 is 0 Å². The van der Waals surface area contributed by atoms with Gasteiger partial charge in [0, 0.05) is 32.5 Å². The second kappa shape index (κ2) is 7.94. The number of amides is 2. The number of carbonyl (C=O) groups is 2. The molecule has 0 atom stereocenters. The predicted octanol–water partition coefficient (Wildman–Crippen LogP) is 0.954. The Bertz CT molecular complexity index is 334. The molecule has 1 rings (SSSR count). The zero-order valence-electron chi connectivity index (χ0n) is 11.9. The lowest BCUT2D eigenvalue weighted by Gasteiger charge is -2.30. The molecule has 1 fully saturated rings. The van der Waals surface area contributed by atoms with Crippen LogP contribution in [0.5, 0.6) is 0 Å². The molecule has 2 amide bonds. The van der Waals surface area contributed by atoms with Crippen molar-refractivity contribution in [3.05, 3.63) is 12.2 Å². The molecule has 1 saturated heterocycles. The minimum Gasteiger partial charge on any atom is -0.375 e. The van der Waals surface area contributed by atoms with Crippen LogP contribution in [0.25, 0.3) is 0 Å². The van der Waals surface area contributed by atoms with E-state index in [1.54, 1.807) is 11.8 Å². The van der Waals surface area contributed by atoms with Crippen LogP contribution < -0.4 is 5.32 Å². The summed E-state index contributed by atoms with van der Waals surface area (Å²) in [5.74, 6) is 0.186. The Morgan fingerprint density at radius 2 is 1.95 bits per heavy atom. The van der Waals surface area contributed by atoms with Gasteiger partial charge in [0.2, 0.25) is 11.8 Å². The fourth-order valence-corrected chi connectivity index (χ4v) is 2.09. The third kappa shape index (κ3) is 5.87. The van der Waals surface area contributed by atoms with Gasteiger partial charge in [0.25, 0.3) is 0 Å². The van der Waals surface area contributed by atoms with Gasteiger partial charge < -0.3 is 15.0 Å². The summed E-state index contributed by atoms with van der Waals surface area (Å²) in [6, 6.07) is 0. The van der Waals surface area contributed by atoms with Crippen LogP contribution in [0.4, 0.5) is 0 Å². The highest BCUT2D eigenvalue weighted by atomic mass is 16.5. The van der Waals surface area contributed by atoms with Crippen molar-refractivity contribution in [3.63, 3.8) is 0 Å². The molecule has 0 bridgehead atoms. The molecule has 1 N–H and O–H groups in total. The van der Waals surface area contributed by atoms with E-state index in [0.29, 0.717) is 32.8 Å². The molecule has 1 aliphatic rings. The van der Waals surface area contributed by atoms with Gasteiger partial charge in [0.1, 0.15) is 0 Å². The third-order valence-electron chi connectivity index (χ3n) is 3.21. The van der Waals surface area contributed by atoms with Crippen molar-refractivity contribution < 1.29 is 14.3 Å². The van der Waals surface area contributed by atoms with Crippen LogP contribution in [-0.4, -0.2) is 49.6 Å². The van der Waals surface area contributed by atoms with Gasteiger partial charge in [-0.25, -0.2) is 0 Å². The Hall–Kier alpha value is -1.36. The Morgan fingerprint density at radius 1 is 1.32 bits per heavy atom. The van der Waals surface area contributed by atoms with Crippen molar-refractivity contribution in [2.45, 2.75) is 26.7 Å². The minimum atomic E-state index is 0.0248. The van der Waals surface area contributed by atoms with Crippen LogP contribution >= 0.6 is 0 Å². The zero-order valence-corrected chi connectivity index (χ0v) is 11.9. The van der Waals surface area contributed by atoms with Crippen molar-refractivity contribution in [2.75, 3.05) is 32.8 Å². The highest BCUT2D eigenvalue weighted by Crippen LogP contribution is 2.17. The van der Waals surface area contributed by atoms with Gasteiger partial charge >= 0.3 is 0 Å². The van der Waals surface area contributed by atoms with E-state index in [1.807, 2.05) is 6.92 Å². The normalized spacial score (nSPS) is 16.2. The molecular weight excluding hydrogens is 244 g/mol. The summed E-state index contributed by atoms with van der Waals surface area (Å²) in [4.78, 5) is 24.9. The summed E-state index contributed by atoms with van der Waals surface area (Å²) in [5.41, 5.74) is 0.975. The topological polar surface area (TPSA) is 58.6 Å². The van der Waals surface area contributed by atoms with Crippen molar-refractivity contribution in [1.29, 1.82) is 0 Å². The monoisotopic (exact) mass is 268 g/mol. The van der Waals surface area contributed by atoms with Crippen LogP contribution in [0, 0.1) is 5.92 Å². The maximum Gasteiger partial charge on any atom is 0.223 e. The first-order valence-electron chi connectivity index (χ1n) is 6.76. The van der Waals surface area contributed by atoms with E-state index in [4.69, 9.17) is 4.74 Å². The maximum absolute atomic E-state index is 11.9. The first-order valence-corrected chi connectivity index (χ1v) is 6.76. The Balaban J connectivity index is 2.14. The first kappa shape index (κ1) is 15.7. The van der Waals surface area contributed by atoms with Gasteiger partial charge in [-0.15, -0.1) is 0 Å². The molecular formula is C14H24N2O3. The predicted molar refractivity (Wildman–Crippen MR) is 73.6 cm³/mol. The van der Waals surface area contributed by atoms with Crippen molar-refractivity contribution in [2.24, 2.45) is 5.92 Å². The average Bonchev–Trinajstić information content (AvgIpc) is 2.37. The van der Waals surface area contributed by atoms with Gasteiger partial charge in [0.15, 0.2) is 0 Å². The summed E-state index contributed by atoms with van der Waals surface area (Å²) in [5, 5.41) is 2.87. The molecule has 5 heteroatoms. The summed E-state index contributed by atoms with van der Waals surface area (Å²) < 4.78 is 5.31. The lowest BCUT2D eigenvalue weighted by atomic mass is 9.96. The number of nitrogens with zero attached hydrogens (tertiary/aromatic N) is 1. The fourth-order valence-electron chi connectivity index (χ4n) is 2.09. The number of piperidine rings is 1. The van der Waals surface area contributed by atoms with Crippen molar-refractivity contribution >= 4 is 11.8 Å². The number of likely N-dealkylation sites (tertiary alicyclic amines) is 1. The van der Waals surface area contributed by atoms with Crippen LogP contribution in [-0.2, 0) is 14.3 Å². The lowest BCUT2D eigenvalue weighted by Crippen LogP contribution is -2.42. The van der Waals surface area contributed by atoms with Crippen LogP contribution in [0.1, 0.15) is 26.7 Å². The van der Waals surface area contributed by atoms with Crippen LogP contribution in [0.2, 0.25) is 0 Å². The summed E-state index contributed by atoms with van der Waals surface area (Å²) in [7, 11) is 0. The molecule has 0 spiro atoms. The summed E-state index contributed by atoms with van der Waals surface area (Å²) in [6.07, 6.45) is 1.50. The van der Waals surface area contributed by atoms with E-state index in [9.17, 15) is 9.59 Å². The van der Waals surface area contributed by atoms with E-state index in [-0.39, 0.29) is 17.7 Å². The number of ether oxygens (including phenoxy) is 1. The molecule has 1 aliphatic heterocycles. The second-order valence-corrected chi connectivity index (χ2v) is 5.08. The Morgan fingerprint density at radius 3 is 2.47 bits per heavy atom. The van der Waals surface area contributed by atoms with Gasteiger partial charge in [-0.3, -0.25) is 9.59 Å². The van der Waals surface area contributed by atoms with Gasteiger partial charge in [-0.05, 0) is 19.8 Å². The largest absolute Gasteiger partial charge is 0.375 e. The molecule has 0 saturated carbocycles. The molecule has 0 aliphatic carbocycles. The molecule has 0 aromatic heterocycles. The average molecular weight is 268 g/mol. The number of hydrogen-bond acceptors (Lipinski definition) is 3. The SMILES string of the molecule is C=C(C)COCCNC(=O)C1CCN(C(C)=O)CC1. The summed E-state index contributed by atoms with van der Waals surface area (Å²) in [6.45, 7) is 10.1. The number of carbonyl (C=O) groups excluding carboxylic acids is 2. The fraction of sp³-hybridized carbons (Fsp3) is 0.714. The smallest absolute Gasteiger partial charge is 0.223 e. The number of nitrogens with one attached hydrogen (secondary N) is 1. The zero-order chi connectivity index (χ0) is 14.3. The standard InChI is InChI=1S/C14H24N2O3/c1-11(2)10-19-9-6-15-14(18)13-4-7-16(8-5-13)12(3)17/h13H,1,4-10H2,2-3H3,(H,15,18). The Labute approximate surface area is 115 Å². The lowest BCUT2D eigenvalue weighted by molar-refractivity contribution is -0.134. The van der Waals surface area contributed by atoms with Gasteiger partial charge in [0.05, 0.1) is 13.2 Å². The first-order chi connectivity index (χ1) is 9.00. The molecule has 19 heavy (non-hydrogen) atoms. The van der Waals surface area contributed by atoms with E-state index in [0.717, 1.165) is 18.4 Å². The second-order valence-electron chi connectivity index (χ2n) is 5.08. The molecule has 108 valence electrons. The van der Waals surface area contributed by atoms with Crippen molar-refractivity contribution in [3.8, 4) is 0 Å². The van der Waals surface area contributed by atoms with Gasteiger partial charge in [-0.1, -0.05) is 12.2 Å². The molecule has 0 radical (unpaired) electrons. The maximum atomic E-state index is 11.9.